The predicted octanol–water partition coefficient (Wildman–Crippen LogP) is 5.07. The molecule has 6 heterocycles. The lowest BCUT2D eigenvalue weighted by Gasteiger charge is -2.61. The van der Waals surface area contributed by atoms with E-state index in [2.05, 4.69) is 25.0 Å². The number of nitrogens with zero attached hydrogens (tertiary/aromatic N) is 7. The molecule has 13 nitrogen and oxygen atoms in total. The molecule has 13 heteroatoms. The molecular formula is C38H48N8O5. The zero-order valence-corrected chi connectivity index (χ0v) is 30.0. The van der Waals surface area contributed by atoms with E-state index in [9.17, 15) is 9.90 Å². The molecule has 270 valence electrons. The van der Waals surface area contributed by atoms with Crippen LogP contribution in [0.1, 0.15) is 75.2 Å². The number of anilines is 1. The summed E-state index contributed by atoms with van der Waals surface area (Å²) < 4.78 is 16.5. The zero-order chi connectivity index (χ0) is 35.3. The van der Waals surface area contributed by atoms with Crippen LogP contribution in [0.25, 0.3) is 22.3 Å². The molecule has 3 aliphatic heterocycles. The number of ether oxygens (including phenoxy) is 3. The third-order valence-corrected chi connectivity index (χ3v) is 11.1. The monoisotopic (exact) mass is 696 g/mol. The molecule has 0 radical (unpaired) electrons. The molecule has 8 rings (SSSR count). The number of benzene rings is 1. The average molecular weight is 697 g/mol. The van der Waals surface area contributed by atoms with E-state index in [0.717, 1.165) is 67.6 Å². The summed E-state index contributed by atoms with van der Waals surface area (Å²) in [6.45, 7) is 10.2. The smallest absolute Gasteiger partial charge is 0.410 e. The van der Waals surface area contributed by atoms with E-state index in [1.54, 1.807) is 7.11 Å². The molecule has 1 aromatic carbocycles. The van der Waals surface area contributed by atoms with Gasteiger partial charge in [0.2, 0.25) is 5.95 Å². The maximum Gasteiger partial charge on any atom is 0.410 e. The van der Waals surface area contributed by atoms with Gasteiger partial charge in [0.1, 0.15) is 11.4 Å². The van der Waals surface area contributed by atoms with Crippen LogP contribution in [-0.2, 0) is 15.9 Å². The number of likely N-dealkylation sites (tertiary alicyclic amines) is 2. The molecule has 51 heavy (non-hydrogen) atoms. The molecule has 1 amide bonds. The second-order valence-corrected chi connectivity index (χ2v) is 15.7. The molecule has 1 unspecified atom stereocenters. The minimum Gasteiger partial charge on any atom is -0.467 e. The lowest BCUT2D eigenvalue weighted by molar-refractivity contribution is -0.110. The summed E-state index contributed by atoms with van der Waals surface area (Å²) in [6, 6.07) is 9.99. The first-order chi connectivity index (χ1) is 24.6. The van der Waals surface area contributed by atoms with Gasteiger partial charge in [-0.2, -0.15) is 0 Å². The van der Waals surface area contributed by atoms with E-state index in [1.165, 1.54) is 18.4 Å². The number of H-pyrrole nitrogens is 1. The number of amides is 1. The van der Waals surface area contributed by atoms with E-state index in [4.69, 9.17) is 24.2 Å². The van der Waals surface area contributed by atoms with Gasteiger partial charge in [0.25, 0.3) is 0 Å². The maximum atomic E-state index is 12.4. The Hall–Kier alpha value is -4.33. The highest BCUT2D eigenvalue weighted by Gasteiger charge is 2.55. The number of hydrogen-bond acceptors (Lipinski definition) is 11. The molecule has 3 aromatic heterocycles. The van der Waals surface area contributed by atoms with E-state index in [1.807, 2.05) is 68.4 Å². The Morgan fingerprint density at radius 1 is 1.06 bits per heavy atom. The lowest BCUT2D eigenvalue weighted by atomic mass is 9.60. The second kappa shape index (κ2) is 13.3. The Morgan fingerprint density at radius 3 is 2.51 bits per heavy atom. The minimum absolute atomic E-state index is 0.0871. The maximum absolute atomic E-state index is 12.4. The van der Waals surface area contributed by atoms with Crippen molar-refractivity contribution < 1.29 is 24.1 Å². The first-order valence-corrected chi connectivity index (χ1v) is 18.1. The summed E-state index contributed by atoms with van der Waals surface area (Å²) in [7, 11) is 1.59. The van der Waals surface area contributed by atoms with Crippen LogP contribution in [0.15, 0.2) is 42.7 Å². The van der Waals surface area contributed by atoms with Crippen LogP contribution in [0.3, 0.4) is 0 Å². The Morgan fingerprint density at radius 2 is 1.80 bits per heavy atom. The predicted molar refractivity (Wildman–Crippen MR) is 192 cm³/mol. The van der Waals surface area contributed by atoms with E-state index >= 15 is 0 Å². The standard InChI is InChI=1S/C38H48N8O5/c1-37(2,3)51-36(48)45-21-38(22-45)16-26(17-38)44-12-9-24(10-13-44)25-18-39-35(40-19-25)46-14-11-29-33(31(46)20-47)28-15-30(42-43-34(28)41-29)27-7-5-6-8-32(27)50-23-49-4/h5-8,15,18-19,24,26,31,47H,9-14,16-17,20-23H2,1-4H3,(H,41,43). The van der Waals surface area contributed by atoms with Crippen LogP contribution in [0.2, 0.25) is 0 Å². The zero-order valence-electron chi connectivity index (χ0n) is 30.0. The largest absolute Gasteiger partial charge is 0.467 e. The summed E-state index contributed by atoms with van der Waals surface area (Å²) in [5.41, 5.74) is 5.25. The quantitative estimate of drug-likeness (QED) is 0.239. The van der Waals surface area contributed by atoms with E-state index in [0.29, 0.717) is 41.5 Å². The van der Waals surface area contributed by atoms with Crippen molar-refractivity contribution in [2.24, 2.45) is 5.41 Å². The highest BCUT2D eigenvalue weighted by Crippen LogP contribution is 2.51. The normalized spacial score (nSPS) is 21.0. The molecule has 3 fully saturated rings. The van der Waals surface area contributed by atoms with Gasteiger partial charge in [0.05, 0.1) is 18.3 Å². The molecule has 4 aliphatic rings. The van der Waals surface area contributed by atoms with Crippen LogP contribution >= 0.6 is 0 Å². The van der Waals surface area contributed by atoms with Crippen LogP contribution in [0, 0.1) is 5.41 Å². The first-order valence-electron chi connectivity index (χ1n) is 18.1. The first kappa shape index (κ1) is 33.8. The number of aliphatic hydroxyl groups is 1. The summed E-state index contributed by atoms with van der Waals surface area (Å²) in [5.74, 6) is 1.71. The van der Waals surface area contributed by atoms with Gasteiger partial charge in [-0.25, -0.2) is 14.8 Å². The number of aromatic nitrogens is 5. The van der Waals surface area contributed by atoms with Crippen molar-refractivity contribution in [2.75, 3.05) is 58.1 Å². The van der Waals surface area contributed by atoms with Crippen molar-refractivity contribution in [3.63, 3.8) is 0 Å². The van der Waals surface area contributed by atoms with Crippen LogP contribution in [0.4, 0.5) is 10.7 Å². The molecule has 2 N–H and O–H groups in total. The molecule has 2 saturated heterocycles. The second-order valence-electron chi connectivity index (χ2n) is 15.7. The summed E-state index contributed by atoms with van der Waals surface area (Å²) in [4.78, 5) is 32.2. The fraction of sp³-hybridized carbons (Fsp3) is 0.553. The van der Waals surface area contributed by atoms with Crippen molar-refractivity contribution in [1.82, 2.24) is 34.9 Å². The Balaban J connectivity index is 0.902. The fourth-order valence-corrected chi connectivity index (χ4v) is 8.63. The average Bonchev–Trinajstić information content (AvgIpc) is 3.47. The number of piperidine rings is 1. The van der Waals surface area contributed by atoms with Crippen molar-refractivity contribution >= 4 is 23.1 Å². The molecule has 1 aliphatic carbocycles. The number of methoxy groups -OCH3 is 1. The number of aromatic amines is 1. The Kier molecular flexibility index (Phi) is 8.84. The van der Waals surface area contributed by atoms with Crippen molar-refractivity contribution in [2.45, 2.75) is 76.5 Å². The summed E-state index contributed by atoms with van der Waals surface area (Å²) in [6.07, 6.45) is 9.03. The van der Waals surface area contributed by atoms with Gasteiger partial charge in [-0.1, -0.05) is 12.1 Å². The molecule has 1 spiro atoms. The minimum atomic E-state index is -0.453. The van der Waals surface area contributed by atoms with Crippen molar-refractivity contribution in [3.8, 4) is 17.0 Å². The molecule has 4 aromatic rings. The molecule has 1 saturated carbocycles. The number of rotatable bonds is 8. The number of nitrogens with one attached hydrogen (secondary N) is 1. The van der Waals surface area contributed by atoms with Crippen molar-refractivity contribution in [3.05, 3.63) is 59.5 Å². The van der Waals surface area contributed by atoms with Crippen LogP contribution in [0.5, 0.6) is 5.75 Å². The number of carbonyl (C=O) groups excluding carboxylic acids is 1. The third-order valence-electron chi connectivity index (χ3n) is 11.1. The van der Waals surface area contributed by atoms with Crippen molar-refractivity contribution in [1.29, 1.82) is 0 Å². The molecule has 0 bridgehead atoms. The van der Waals surface area contributed by atoms with Gasteiger partial charge in [-0.05, 0) is 89.2 Å². The fourth-order valence-electron chi connectivity index (χ4n) is 8.63. The number of aliphatic hydroxyl groups excluding tert-OH is 1. The SMILES string of the molecule is COCOc1ccccc1-c1cc2c3c([nH]c2nn1)CCN(c1ncc(C2CCN(C4CC5(C4)CN(C(=O)OC(C)(C)C)C5)CC2)cn1)C3CO. The number of para-hydroxylation sites is 1. The van der Waals surface area contributed by atoms with Gasteiger partial charge in [-0.15, -0.1) is 10.2 Å². The van der Waals surface area contributed by atoms with Crippen LogP contribution in [-0.4, -0.2) is 111 Å². The molecule has 1 atom stereocenters. The highest BCUT2D eigenvalue weighted by atomic mass is 16.7. The summed E-state index contributed by atoms with van der Waals surface area (Å²) >= 11 is 0. The van der Waals surface area contributed by atoms with E-state index < -0.39 is 5.60 Å². The summed E-state index contributed by atoms with van der Waals surface area (Å²) in [5, 5.41) is 20.7. The topological polar surface area (TPSA) is 142 Å². The van der Waals surface area contributed by atoms with Gasteiger partial charge >= 0.3 is 6.09 Å². The van der Waals surface area contributed by atoms with Crippen LogP contribution < -0.4 is 9.64 Å². The third kappa shape index (κ3) is 6.51. The number of carbonyl (C=O) groups is 1. The van der Waals surface area contributed by atoms with Gasteiger partial charge < -0.3 is 39.0 Å². The number of fused-ring (bicyclic) bond motifs is 3. The van der Waals surface area contributed by atoms with Gasteiger partial charge in [0.15, 0.2) is 12.4 Å². The highest BCUT2D eigenvalue weighted by molar-refractivity contribution is 5.86. The van der Waals surface area contributed by atoms with Gasteiger partial charge in [0, 0.05) is 79.2 Å². The molecular weight excluding hydrogens is 648 g/mol. The lowest BCUT2D eigenvalue weighted by Crippen LogP contribution is -2.68. The van der Waals surface area contributed by atoms with E-state index in [-0.39, 0.29) is 30.9 Å². The Labute approximate surface area is 298 Å². The Bertz CT molecular complexity index is 1870. The van der Waals surface area contributed by atoms with Gasteiger partial charge in [-0.3, -0.25) is 0 Å². The number of hydrogen-bond donors (Lipinski definition) is 2.